The van der Waals surface area contributed by atoms with Crippen LogP contribution in [0.15, 0.2) is 147 Å². The fourth-order valence-electron chi connectivity index (χ4n) is 11.8. The quantitative estimate of drug-likeness (QED) is 0.00601. The molecule has 6 aromatic carbocycles. The molecule has 44 nitrogen and oxygen atoms in total. The number of hydrogen-bond acceptors (Lipinski definition) is 39. The lowest BCUT2D eigenvalue weighted by Gasteiger charge is -2.19. The molecular weight excluding hydrogens is 2060 g/mol. The molecule has 2 heterocycles. The van der Waals surface area contributed by atoms with Crippen molar-refractivity contribution in [3.63, 3.8) is 0 Å². The number of halogens is 5. The van der Waals surface area contributed by atoms with E-state index in [1.807, 2.05) is 34.6 Å². The molecule has 2 saturated heterocycles. The summed E-state index contributed by atoms with van der Waals surface area (Å²) >= 11 is 0. The van der Waals surface area contributed by atoms with E-state index in [1.165, 1.54) is 115 Å². The van der Waals surface area contributed by atoms with Crippen LogP contribution in [0.2, 0.25) is 0 Å². The van der Waals surface area contributed by atoms with Crippen LogP contribution in [0.4, 0.5) is 22.0 Å². The molecule has 0 radical (unpaired) electrons. The predicted molar refractivity (Wildman–Crippen MR) is 517 cm³/mol. The number of nitrogens with two attached hydrogens (primary N) is 1. The van der Waals surface area contributed by atoms with Gasteiger partial charge in [0.25, 0.3) is 29.5 Å². The van der Waals surface area contributed by atoms with Gasteiger partial charge in [0.05, 0.1) is 133 Å². The third-order valence-corrected chi connectivity index (χ3v) is 24.5. The number of ether oxygens (including phenoxy) is 13. The highest BCUT2D eigenvalue weighted by molar-refractivity contribution is 7.91. The van der Waals surface area contributed by atoms with Crippen LogP contribution in [0.25, 0.3) is 18.2 Å². The van der Waals surface area contributed by atoms with Crippen LogP contribution in [0.1, 0.15) is 129 Å². The molecule has 0 spiro atoms. The molecule has 52 heteroatoms. The van der Waals surface area contributed by atoms with Crippen molar-refractivity contribution >= 4 is 114 Å². The number of allylic oxidation sites excluding steroid dienone is 2. The SMILES string of the molecule is CC/C(C)=C/c1cc(F)c(Oc2ccc(S(=O)(=O)NCCOCCOCCOCCN)cc2)c(F)c1.CCCCC(=O)[C@H](O)[C@@H](O)C(=O)NCCOCCOCCOCCNS(=O)(=O)c1ccc(Oc2c(F)cc(/C=C(\C)CC)cc2F)cc1.CCOC(=O)/C(C)=C/c1ccc(Oc2ccc(S(=O)(=O)CCCOCCOCCOC)cc2)c(F)c1.O=C(ON1C(=O)CCC1=O)[C@H](O)[C@@H](O)C(=O)ON1C(=O)CCC1=O.O=C=O.O=C=O. The summed E-state index contributed by atoms with van der Waals surface area (Å²) < 4.78 is 221. The zero-order valence-electron chi connectivity index (χ0n) is 83.6. The van der Waals surface area contributed by atoms with E-state index >= 15 is 0 Å². The Morgan fingerprint density at radius 2 is 0.787 bits per heavy atom. The lowest BCUT2D eigenvalue weighted by molar-refractivity contribution is -0.216. The van der Waals surface area contributed by atoms with E-state index in [0.29, 0.717) is 108 Å². The van der Waals surface area contributed by atoms with Crippen molar-refractivity contribution < 1.29 is 201 Å². The summed E-state index contributed by atoms with van der Waals surface area (Å²) in [6, 6.07) is 25.1. The Balaban J connectivity index is 0.000000515. The number of hydroxylamine groups is 4. The van der Waals surface area contributed by atoms with Crippen LogP contribution in [0.5, 0.6) is 34.5 Å². The second-order valence-corrected chi connectivity index (χ2v) is 36.9. The highest BCUT2D eigenvalue weighted by Crippen LogP contribution is 2.34. The smallest absolute Gasteiger partial charge is 0.373 e. The molecule has 5 amide bonds. The van der Waals surface area contributed by atoms with Gasteiger partial charge >= 0.3 is 30.2 Å². The number of nitrogens with one attached hydrogen (secondary N) is 3. The molecule has 8 rings (SSSR count). The Labute approximate surface area is 863 Å². The summed E-state index contributed by atoms with van der Waals surface area (Å²) in [5.74, 6) is -13.4. The number of amides is 5. The molecule has 828 valence electrons. The van der Waals surface area contributed by atoms with Crippen LogP contribution in [0.3, 0.4) is 0 Å². The lowest BCUT2D eigenvalue weighted by atomic mass is 10.0. The monoisotopic (exact) mass is 2180 g/mol. The molecule has 6 aromatic rings. The van der Waals surface area contributed by atoms with Crippen LogP contribution in [0, 0.1) is 29.1 Å². The first-order chi connectivity index (χ1) is 71.5. The summed E-state index contributed by atoms with van der Waals surface area (Å²) in [6.45, 7) is 19.0. The number of esters is 1. The van der Waals surface area contributed by atoms with E-state index < -0.39 is 148 Å². The van der Waals surface area contributed by atoms with Crippen molar-refractivity contribution in [3.8, 4) is 34.5 Å². The molecule has 0 aromatic heterocycles. The van der Waals surface area contributed by atoms with Gasteiger partial charge in [0.1, 0.15) is 23.4 Å². The van der Waals surface area contributed by atoms with Gasteiger partial charge in [-0.1, -0.05) is 56.6 Å². The van der Waals surface area contributed by atoms with E-state index in [4.69, 9.17) is 86.5 Å². The van der Waals surface area contributed by atoms with E-state index in [0.717, 1.165) is 30.4 Å². The standard InChI is InChI=1S/C33H46F2N2O10S.C26H33FO8S.C25H34F2N2O6S.C12H12N2O10.2CO2/c1-4-6-7-29(38)30(39)31(40)33(41)36-12-14-44-16-18-46-19-17-45-15-13-37-48(42,43)26-10-8-25(9-11-26)47-32-27(34)21-24(22-28(32)35)20-23(3)5-2;1-4-34-26(28)20(2)18-21-6-11-25(24(27)19-21)35-22-7-9-23(10-8-22)36(29,30)17-5-12-32-15-16-33-14-13-31-3;1-3-19(2)16-20-17-23(26)25(24(27)18-20)35-21-4-6-22(7-5-21)36(30,31)29-9-11-33-13-15-34-14-12-32-10-8-28;15-5-1-2-6(16)13(5)23-11(21)9(19)10(20)12(22)24-14-7(17)3-4-8(14)18;2*2-1-3/h8-11,20-22,30-31,37,39-40H,4-7,12-19H2,1-3H3,(H,36,41);6-11,18-19H,4-5,12-17H2,1-3H3;4-7,16-18,29H,3,8-15,28H2,1-2H3;9-10,19-20H,1-4H2;;/b23-20+;20-18+;19-16+;;;/t30-,31+;;;9-,10-;;/m0..1../s1. The van der Waals surface area contributed by atoms with E-state index in [-0.39, 0.29) is 170 Å². The molecule has 0 unspecified atom stereocenters. The van der Waals surface area contributed by atoms with Gasteiger partial charge in [-0.15, -0.1) is 10.1 Å². The number of unbranched alkanes of at least 4 members (excludes halogenated alkanes) is 1. The number of methoxy groups -OCH3 is 1. The van der Waals surface area contributed by atoms with Gasteiger partial charge in [-0.2, -0.15) is 19.2 Å². The summed E-state index contributed by atoms with van der Waals surface area (Å²) in [4.78, 5) is 145. The van der Waals surface area contributed by atoms with Gasteiger partial charge in [-0.3, -0.25) is 28.8 Å². The normalized spacial score (nSPS) is 13.4. The largest absolute Gasteiger partial charge is 0.463 e. The number of aliphatic hydroxyl groups excluding tert-OH is 4. The maximum atomic E-state index is 14.5. The minimum absolute atomic E-state index is 0.0111. The molecule has 0 bridgehead atoms. The number of nitrogens with zero attached hydrogens (tertiary/aromatic N) is 2. The third-order valence-electron chi connectivity index (χ3n) is 19.7. The number of ketones is 1. The molecule has 4 atom stereocenters. The molecule has 0 saturated carbocycles. The zero-order valence-corrected chi connectivity index (χ0v) is 86.1. The van der Waals surface area contributed by atoms with Crippen molar-refractivity contribution in [1.82, 2.24) is 24.9 Å². The maximum absolute atomic E-state index is 14.5. The number of imide groups is 2. The fraction of sp³-hybridized carbons (Fsp3) is 0.459. The topological polar surface area (TPSA) is 612 Å². The molecule has 2 aliphatic heterocycles. The maximum Gasteiger partial charge on any atom is 0.373 e. The molecular formula is C98H125F5N6O38S3. The number of carbonyl (C=O) groups excluding carboxylic acids is 13. The van der Waals surface area contributed by atoms with E-state index in [1.54, 1.807) is 39.2 Å². The predicted octanol–water partition coefficient (Wildman–Crippen LogP) is 7.54. The summed E-state index contributed by atoms with van der Waals surface area (Å²) in [6.07, 6.45) is -0.717. The van der Waals surface area contributed by atoms with E-state index in [2.05, 4.69) is 24.4 Å². The Hall–Kier alpha value is -12.6. The number of sulfone groups is 1. The van der Waals surface area contributed by atoms with Crippen LogP contribution >= 0.6 is 0 Å². The lowest BCUT2D eigenvalue weighted by Crippen LogP contribution is -2.47. The molecule has 0 aliphatic carbocycles. The van der Waals surface area contributed by atoms with Crippen LogP contribution < -0.4 is 34.7 Å². The van der Waals surface area contributed by atoms with Gasteiger partial charge in [0, 0.05) is 77.6 Å². The number of aliphatic hydroxyl groups is 4. The van der Waals surface area contributed by atoms with Crippen molar-refractivity contribution in [3.05, 3.63) is 178 Å². The number of rotatable bonds is 62. The van der Waals surface area contributed by atoms with Gasteiger partial charge in [0.15, 0.2) is 80.3 Å². The summed E-state index contributed by atoms with van der Waals surface area (Å²) in [5.41, 5.74) is 8.84. The Bertz CT molecular complexity index is 5660. The minimum atomic E-state index is -3.88. The first-order valence-corrected chi connectivity index (χ1v) is 51.1. The Morgan fingerprint density at radius 1 is 0.433 bits per heavy atom. The van der Waals surface area contributed by atoms with Crippen molar-refractivity contribution in [2.45, 2.75) is 152 Å². The Morgan fingerprint density at radius 3 is 1.15 bits per heavy atom. The minimum Gasteiger partial charge on any atom is -0.463 e. The van der Waals surface area contributed by atoms with Crippen molar-refractivity contribution in [1.29, 1.82) is 0 Å². The first kappa shape index (κ1) is 132. The highest BCUT2D eigenvalue weighted by atomic mass is 32.2. The number of benzene rings is 6. The second kappa shape index (κ2) is 72.7. The van der Waals surface area contributed by atoms with Gasteiger partial charge < -0.3 is 103 Å². The third kappa shape index (κ3) is 50.3. The van der Waals surface area contributed by atoms with Gasteiger partial charge in [-0.05, 0) is 185 Å². The highest BCUT2D eigenvalue weighted by Gasteiger charge is 2.42. The second-order valence-electron chi connectivity index (χ2n) is 31.2. The molecule has 9 N–H and O–H groups in total. The molecule has 2 aliphatic rings. The van der Waals surface area contributed by atoms with Gasteiger partial charge in [0.2, 0.25) is 20.0 Å². The number of hydrogen-bond donors (Lipinski definition) is 8. The number of Topliss-reactive ketones (excluding diaryl/α,β-unsaturated/α-hetero) is 1. The molecule has 2 fully saturated rings. The molecule has 150 heavy (non-hydrogen) atoms. The zero-order chi connectivity index (χ0) is 112. The van der Waals surface area contributed by atoms with Gasteiger partial charge in [-0.25, -0.2) is 71.0 Å². The van der Waals surface area contributed by atoms with Crippen molar-refractivity contribution in [2.75, 3.05) is 158 Å². The van der Waals surface area contributed by atoms with Crippen LogP contribution in [-0.4, -0.2) is 304 Å². The van der Waals surface area contributed by atoms with E-state index in [9.17, 15) is 111 Å². The van der Waals surface area contributed by atoms with Crippen molar-refractivity contribution in [2.24, 2.45) is 5.73 Å². The number of sulfonamides is 2. The summed E-state index contributed by atoms with van der Waals surface area (Å²) in [7, 11) is -9.57. The Kier molecular flexibility index (Phi) is 63.8. The summed E-state index contributed by atoms with van der Waals surface area (Å²) in [5, 5.41) is 41.2. The van der Waals surface area contributed by atoms with Crippen LogP contribution in [-0.2, 0) is 149 Å². The average molecular weight is 2190 g/mol. The number of carbonyl (C=O) groups is 9. The average Bonchev–Trinajstić information content (AvgIpc) is 1.17. The first-order valence-electron chi connectivity index (χ1n) is 46.5. The fourth-order valence-corrected chi connectivity index (χ4v) is 15.1.